The molecule has 0 aliphatic carbocycles. The van der Waals surface area contributed by atoms with Gasteiger partial charge in [0.1, 0.15) is 5.65 Å². The van der Waals surface area contributed by atoms with Gasteiger partial charge >= 0.3 is 5.97 Å². The predicted octanol–water partition coefficient (Wildman–Crippen LogP) is 2.66. The smallest absolute Gasteiger partial charge is 0.356 e. The summed E-state index contributed by atoms with van der Waals surface area (Å²) in [5.41, 5.74) is 0.968. The molecule has 0 amide bonds. The minimum Gasteiger partial charge on any atom is -0.476 e. The van der Waals surface area contributed by atoms with Gasteiger partial charge in [-0.05, 0) is 30.9 Å². The molecule has 1 N–H and O–H groups in total. The number of carbonyl (C=O) groups is 1. The molecule has 0 bridgehead atoms. The zero-order chi connectivity index (χ0) is 14.1. The highest BCUT2D eigenvalue weighted by Crippen LogP contribution is 2.28. The average molecular weight is 273 g/mol. The maximum absolute atomic E-state index is 11.6. The van der Waals surface area contributed by atoms with Crippen molar-refractivity contribution in [2.75, 3.05) is 18.0 Å². The maximum atomic E-state index is 11.6. The summed E-state index contributed by atoms with van der Waals surface area (Å²) >= 11 is 0. The first-order chi connectivity index (χ1) is 9.70. The van der Waals surface area contributed by atoms with Crippen LogP contribution in [-0.4, -0.2) is 33.6 Å². The van der Waals surface area contributed by atoms with E-state index in [-0.39, 0.29) is 5.69 Å². The molecule has 1 fully saturated rings. The number of piperidine rings is 1. The normalized spacial score (nSPS) is 19.4. The summed E-state index contributed by atoms with van der Waals surface area (Å²) in [7, 11) is 0. The fourth-order valence-electron chi connectivity index (χ4n) is 2.99. The summed E-state index contributed by atoms with van der Waals surface area (Å²) in [5, 5.41) is 9.52. The number of hydrogen-bond acceptors (Lipinski definition) is 3. The van der Waals surface area contributed by atoms with Crippen molar-refractivity contribution in [1.29, 1.82) is 0 Å². The maximum Gasteiger partial charge on any atom is 0.356 e. The Hall–Kier alpha value is -2.04. The standard InChI is InChI=1S/C15H19N3O2/c1-2-11-6-5-8-17(10-11)14-13(15(19)20)18-9-4-3-7-12(18)16-14/h3-4,7,9,11H,2,5-6,8,10H2,1H3,(H,19,20). The zero-order valence-electron chi connectivity index (χ0n) is 11.6. The molecule has 1 aliphatic heterocycles. The number of carboxylic acid groups (broad SMARTS) is 1. The molecule has 20 heavy (non-hydrogen) atoms. The molecule has 3 rings (SSSR count). The summed E-state index contributed by atoms with van der Waals surface area (Å²) in [6.07, 6.45) is 5.22. The number of nitrogens with zero attached hydrogens (tertiary/aromatic N) is 3. The highest BCUT2D eigenvalue weighted by Gasteiger charge is 2.26. The minimum atomic E-state index is -0.919. The second-order valence-electron chi connectivity index (χ2n) is 5.38. The molecule has 5 nitrogen and oxygen atoms in total. The SMILES string of the molecule is CCC1CCCN(c2nc3ccccn3c2C(=O)O)C1. The number of rotatable bonds is 3. The lowest BCUT2D eigenvalue weighted by molar-refractivity contribution is 0.0690. The first-order valence-corrected chi connectivity index (χ1v) is 7.16. The van der Waals surface area contributed by atoms with Crippen LogP contribution in [0, 0.1) is 5.92 Å². The van der Waals surface area contributed by atoms with E-state index in [1.54, 1.807) is 10.6 Å². The van der Waals surface area contributed by atoms with Crippen LogP contribution in [0.3, 0.4) is 0 Å². The van der Waals surface area contributed by atoms with Crippen LogP contribution in [0.5, 0.6) is 0 Å². The third-order valence-corrected chi connectivity index (χ3v) is 4.11. The molecule has 2 aromatic heterocycles. The van der Waals surface area contributed by atoms with E-state index in [9.17, 15) is 9.90 Å². The average Bonchev–Trinajstić information content (AvgIpc) is 2.87. The van der Waals surface area contributed by atoms with Gasteiger partial charge < -0.3 is 10.0 Å². The van der Waals surface area contributed by atoms with Crippen LogP contribution in [0.25, 0.3) is 5.65 Å². The first kappa shape index (κ1) is 13.0. The lowest BCUT2D eigenvalue weighted by Gasteiger charge is -2.32. The first-order valence-electron chi connectivity index (χ1n) is 7.16. The van der Waals surface area contributed by atoms with E-state index in [1.165, 1.54) is 6.42 Å². The van der Waals surface area contributed by atoms with Crippen molar-refractivity contribution in [3.05, 3.63) is 30.1 Å². The zero-order valence-corrected chi connectivity index (χ0v) is 11.6. The van der Waals surface area contributed by atoms with Crippen LogP contribution in [-0.2, 0) is 0 Å². The topological polar surface area (TPSA) is 57.8 Å². The molecule has 0 saturated carbocycles. The van der Waals surface area contributed by atoms with Crippen molar-refractivity contribution < 1.29 is 9.90 Å². The highest BCUT2D eigenvalue weighted by atomic mass is 16.4. The van der Waals surface area contributed by atoms with Crippen molar-refractivity contribution in [3.8, 4) is 0 Å². The van der Waals surface area contributed by atoms with Gasteiger partial charge in [-0.1, -0.05) is 19.4 Å². The molecule has 2 aromatic rings. The lowest BCUT2D eigenvalue weighted by Crippen LogP contribution is -2.36. The third-order valence-electron chi connectivity index (χ3n) is 4.11. The number of carboxylic acids is 1. The number of aromatic carboxylic acids is 1. The Morgan fingerprint density at radius 1 is 1.50 bits per heavy atom. The van der Waals surface area contributed by atoms with E-state index in [0.717, 1.165) is 25.9 Å². The van der Waals surface area contributed by atoms with E-state index in [4.69, 9.17) is 0 Å². The van der Waals surface area contributed by atoms with E-state index in [2.05, 4.69) is 16.8 Å². The number of anilines is 1. The third kappa shape index (κ3) is 2.13. The van der Waals surface area contributed by atoms with Gasteiger partial charge in [0, 0.05) is 19.3 Å². The van der Waals surface area contributed by atoms with E-state index >= 15 is 0 Å². The molecule has 0 radical (unpaired) electrons. The second-order valence-corrected chi connectivity index (χ2v) is 5.38. The van der Waals surface area contributed by atoms with Crippen LogP contribution in [0.4, 0.5) is 5.82 Å². The van der Waals surface area contributed by atoms with Gasteiger partial charge in [-0.15, -0.1) is 0 Å². The molecule has 1 aliphatic rings. The van der Waals surface area contributed by atoms with Crippen molar-refractivity contribution in [2.45, 2.75) is 26.2 Å². The summed E-state index contributed by atoms with van der Waals surface area (Å²) in [4.78, 5) is 18.3. The molecule has 3 heterocycles. The Morgan fingerprint density at radius 3 is 3.10 bits per heavy atom. The van der Waals surface area contributed by atoms with Gasteiger partial charge in [-0.2, -0.15) is 0 Å². The highest BCUT2D eigenvalue weighted by molar-refractivity contribution is 5.93. The van der Waals surface area contributed by atoms with E-state index < -0.39 is 5.97 Å². The Kier molecular flexibility index (Phi) is 3.34. The lowest BCUT2D eigenvalue weighted by atomic mass is 9.95. The van der Waals surface area contributed by atoms with Gasteiger partial charge in [0.05, 0.1) is 0 Å². The fourth-order valence-corrected chi connectivity index (χ4v) is 2.99. The number of hydrogen-bond donors (Lipinski definition) is 1. The van der Waals surface area contributed by atoms with Crippen molar-refractivity contribution in [2.24, 2.45) is 5.92 Å². The summed E-state index contributed by atoms with van der Waals surface area (Å²) in [6, 6.07) is 5.55. The van der Waals surface area contributed by atoms with Gasteiger partial charge in [0.25, 0.3) is 0 Å². The fraction of sp³-hybridized carbons (Fsp3) is 0.467. The van der Waals surface area contributed by atoms with Crippen molar-refractivity contribution in [3.63, 3.8) is 0 Å². The number of imidazole rings is 1. The van der Waals surface area contributed by atoms with Gasteiger partial charge in [-0.3, -0.25) is 4.40 Å². The summed E-state index contributed by atoms with van der Waals surface area (Å²) in [5.74, 6) is 0.328. The molecule has 1 atom stereocenters. The monoisotopic (exact) mass is 273 g/mol. The number of pyridine rings is 1. The molecule has 1 unspecified atom stereocenters. The van der Waals surface area contributed by atoms with Crippen LogP contribution in [0.1, 0.15) is 36.7 Å². The van der Waals surface area contributed by atoms with Crippen molar-refractivity contribution >= 4 is 17.4 Å². The molecule has 0 aromatic carbocycles. The molecule has 5 heteroatoms. The second kappa shape index (κ2) is 5.15. The molecule has 0 spiro atoms. The minimum absolute atomic E-state index is 0.275. The van der Waals surface area contributed by atoms with Crippen LogP contribution in [0.15, 0.2) is 24.4 Å². The summed E-state index contributed by atoms with van der Waals surface area (Å²) < 4.78 is 1.66. The quantitative estimate of drug-likeness (QED) is 0.934. The van der Waals surface area contributed by atoms with Gasteiger partial charge in [0.2, 0.25) is 0 Å². The Bertz CT molecular complexity index is 635. The Balaban J connectivity index is 2.06. The van der Waals surface area contributed by atoms with Crippen LogP contribution >= 0.6 is 0 Å². The molecule has 1 saturated heterocycles. The van der Waals surface area contributed by atoms with E-state index in [1.807, 2.05) is 18.2 Å². The van der Waals surface area contributed by atoms with E-state index in [0.29, 0.717) is 17.4 Å². The Labute approximate surface area is 117 Å². The largest absolute Gasteiger partial charge is 0.476 e. The van der Waals surface area contributed by atoms with Crippen LogP contribution < -0.4 is 4.90 Å². The van der Waals surface area contributed by atoms with Gasteiger partial charge in [0.15, 0.2) is 11.5 Å². The van der Waals surface area contributed by atoms with Crippen molar-refractivity contribution in [1.82, 2.24) is 9.38 Å². The Morgan fingerprint density at radius 2 is 2.35 bits per heavy atom. The molecule has 106 valence electrons. The number of fused-ring (bicyclic) bond motifs is 1. The number of aromatic nitrogens is 2. The predicted molar refractivity (Wildman–Crippen MR) is 77.4 cm³/mol. The summed E-state index contributed by atoms with van der Waals surface area (Å²) in [6.45, 7) is 3.98. The molecular formula is C15H19N3O2. The van der Waals surface area contributed by atoms with Gasteiger partial charge in [-0.25, -0.2) is 9.78 Å². The molecular weight excluding hydrogens is 254 g/mol. The van der Waals surface area contributed by atoms with Crippen LogP contribution in [0.2, 0.25) is 0 Å².